The molecule has 0 N–H and O–H groups in total. The summed E-state index contributed by atoms with van der Waals surface area (Å²) < 4.78 is 0. The highest BCUT2D eigenvalue weighted by Crippen LogP contribution is 2.16. The van der Waals surface area contributed by atoms with Crippen molar-refractivity contribution in [1.82, 2.24) is 0 Å². The van der Waals surface area contributed by atoms with Crippen LogP contribution >= 0.6 is 0 Å². The minimum Gasteiger partial charge on any atom is -0.0654 e. The summed E-state index contributed by atoms with van der Waals surface area (Å²) in [5.74, 6) is 0. The van der Waals surface area contributed by atoms with Crippen LogP contribution in [0.5, 0.6) is 0 Å². The Kier molecular flexibility index (Phi) is 46.7. The van der Waals surface area contributed by atoms with Crippen LogP contribution in [-0.4, -0.2) is 0 Å². The first kappa shape index (κ1) is 43.1. The summed E-state index contributed by atoms with van der Waals surface area (Å²) in [6.07, 6.45) is 54.3. The van der Waals surface area contributed by atoms with Crippen LogP contribution in [0.25, 0.3) is 0 Å². The van der Waals surface area contributed by atoms with Gasteiger partial charge in [-0.25, -0.2) is 0 Å². The first-order valence-electron chi connectivity index (χ1n) is 20.3. The molecule has 0 aromatic heterocycles. The first-order valence-corrected chi connectivity index (χ1v) is 20.3. The van der Waals surface area contributed by atoms with Crippen LogP contribution in [0.15, 0.2) is 0 Å². The van der Waals surface area contributed by atoms with E-state index in [2.05, 4.69) is 27.7 Å². The molecule has 0 saturated heterocycles. The molecule has 0 aromatic rings. The molecular weight excluding hydrogens is 492 g/mol. The second kappa shape index (κ2) is 44.4. The molecule has 0 aliphatic carbocycles. The second-order valence-corrected chi connectivity index (χ2v) is 13.7. The standard InChI is InChI=1S/C25H52.C16H34/c1-3-5-7-9-11-13-15-17-19-21-23-25-24-22-20-18-16-14-12-10-8-6-4-2;1-3-5-7-9-11-13-15-16-14-12-10-8-6-4-2/h3-25H2,1-2H3;3-16H2,1-2H3. The normalized spacial score (nSPS) is 11.1. The van der Waals surface area contributed by atoms with Crippen molar-refractivity contribution in [2.75, 3.05) is 0 Å². The van der Waals surface area contributed by atoms with Gasteiger partial charge in [-0.15, -0.1) is 0 Å². The smallest absolute Gasteiger partial charge is 0.0533 e. The maximum Gasteiger partial charge on any atom is -0.0533 e. The quantitative estimate of drug-likeness (QED) is 0.0656. The molecule has 0 saturated carbocycles. The fraction of sp³-hybridized carbons (Fsp3) is 1.00. The predicted molar refractivity (Wildman–Crippen MR) is 194 cm³/mol. The molecule has 0 amide bonds. The van der Waals surface area contributed by atoms with Crippen LogP contribution in [0.3, 0.4) is 0 Å². The van der Waals surface area contributed by atoms with Crippen LogP contribution in [0.2, 0.25) is 0 Å². The Labute approximate surface area is 264 Å². The van der Waals surface area contributed by atoms with Crippen LogP contribution in [0, 0.1) is 0 Å². The lowest BCUT2D eigenvalue weighted by Gasteiger charge is -2.04. The van der Waals surface area contributed by atoms with Gasteiger partial charge in [0.15, 0.2) is 0 Å². The molecule has 0 fully saturated rings. The molecule has 0 rings (SSSR count). The highest BCUT2D eigenvalue weighted by molar-refractivity contribution is 4.52. The zero-order valence-electron chi connectivity index (χ0n) is 30.2. The van der Waals surface area contributed by atoms with Gasteiger partial charge < -0.3 is 0 Å². The highest BCUT2D eigenvalue weighted by Gasteiger charge is 1.96. The fourth-order valence-electron chi connectivity index (χ4n) is 6.13. The third-order valence-corrected chi connectivity index (χ3v) is 9.16. The van der Waals surface area contributed by atoms with E-state index in [1.807, 2.05) is 0 Å². The Morgan fingerprint density at radius 3 is 0.268 bits per heavy atom. The Hall–Kier alpha value is 0. The molecule has 0 heteroatoms. The first-order chi connectivity index (χ1) is 20.3. The van der Waals surface area contributed by atoms with Crippen molar-refractivity contribution in [1.29, 1.82) is 0 Å². The molecule has 0 atom stereocenters. The van der Waals surface area contributed by atoms with Crippen LogP contribution < -0.4 is 0 Å². The average Bonchev–Trinajstić information content (AvgIpc) is 2.99. The molecule has 0 aliphatic rings. The molecular formula is C41H86. The fourth-order valence-corrected chi connectivity index (χ4v) is 6.13. The van der Waals surface area contributed by atoms with Gasteiger partial charge in [0.05, 0.1) is 0 Å². The SMILES string of the molecule is CCCCCCCCCCCCCCCC.CCCCCCCCCCCCCCCCCCCCCCCCC. The van der Waals surface area contributed by atoms with Crippen molar-refractivity contribution in [3.8, 4) is 0 Å². The van der Waals surface area contributed by atoms with Gasteiger partial charge in [-0.3, -0.25) is 0 Å². The Bertz CT molecular complexity index is 349. The van der Waals surface area contributed by atoms with Gasteiger partial charge in [0, 0.05) is 0 Å². The summed E-state index contributed by atoms with van der Waals surface area (Å²) in [6.45, 7) is 9.18. The second-order valence-electron chi connectivity index (χ2n) is 13.7. The summed E-state index contributed by atoms with van der Waals surface area (Å²) in [6, 6.07) is 0. The van der Waals surface area contributed by atoms with Crippen molar-refractivity contribution in [2.45, 2.75) is 265 Å². The summed E-state index contributed by atoms with van der Waals surface area (Å²) >= 11 is 0. The van der Waals surface area contributed by atoms with E-state index >= 15 is 0 Å². The minimum absolute atomic E-state index is 1.37. The summed E-state index contributed by atoms with van der Waals surface area (Å²) in [4.78, 5) is 0. The third kappa shape index (κ3) is 47.2. The van der Waals surface area contributed by atoms with Gasteiger partial charge >= 0.3 is 0 Å². The van der Waals surface area contributed by atoms with Gasteiger partial charge in [-0.05, 0) is 0 Å². The zero-order chi connectivity index (χ0) is 30.2. The monoisotopic (exact) mass is 579 g/mol. The van der Waals surface area contributed by atoms with E-state index in [1.54, 1.807) is 0 Å². The number of rotatable bonds is 35. The van der Waals surface area contributed by atoms with E-state index in [1.165, 1.54) is 238 Å². The number of hydrogen-bond acceptors (Lipinski definition) is 0. The Morgan fingerprint density at radius 2 is 0.195 bits per heavy atom. The van der Waals surface area contributed by atoms with E-state index < -0.39 is 0 Å². The highest BCUT2D eigenvalue weighted by atomic mass is 14.0. The largest absolute Gasteiger partial charge is 0.0654 e. The lowest BCUT2D eigenvalue weighted by Crippen LogP contribution is -1.84. The molecule has 41 heavy (non-hydrogen) atoms. The van der Waals surface area contributed by atoms with Crippen molar-refractivity contribution in [2.24, 2.45) is 0 Å². The summed E-state index contributed by atoms with van der Waals surface area (Å²) in [5, 5.41) is 0. The molecule has 0 heterocycles. The lowest BCUT2D eigenvalue weighted by molar-refractivity contribution is 0.519. The van der Waals surface area contributed by atoms with Gasteiger partial charge in [-0.2, -0.15) is 0 Å². The van der Waals surface area contributed by atoms with Gasteiger partial charge in [0.1, 0.15) is 0 Å². The van der Waals surface area contributed by atoms with Crippen LogP contribution in [0.4, 0.5) is 0 Å². The molecule has 250 valence electrons. The molecule has 0 spiro atoms. The van der Waals surface area contributed by atoms with Crippen molar-refractivity contribution < 1.29 is 0 Å². The maximum absolute atomic E-state index is 2.30. The van der Waals surface area contributed by atoms with Crippen LogP contribution in [0.1, 0.15) is 265 Å². The van der Waals surface area contributed by atoms with Gasteiger partial charge in [0.25, 0.3) is 0 Å². The van der Waals surface area contributed by atoms with E-state index in [9.17, 15) is 0 Å². The van der Waals surface area contributed by atoms with E-state index in [-0.39, 0.29) is 0 Å². The lowest BCUT2D eigenvalue weighted by atomic mass is 10.0. The molecule has 0 bridgehead atoms. The molecule has 0 nitrogen and oxygen atoms in total. The van der Waals surface area contributed by atoms with E-state index in [0.717, 1.165) is 0 Å². The van der Waals surface area contributed by atoms with Crippen LogP contribution in [-0.2, 0) is 0 Å². The van der Waals surface area contributed by atoms with Gasteiger partial charge in [0.2, 0.25) is 0 Å². The van der Waals surface area contributed by atoms with Gasteiger partial charge in [-0.1, -0.05) is 265 Å². The minimum atomic E-state index is 1.37. The average molecular weight is 579 g/mol. The number of unbranched alkanes of at least 4 members (excludes halogenated alkanes) is 35. The van der Waals surface area contributed by atoms with Crippen molar-refractivity contribution >= 4 is 0 Å². The topological polar surface area (TPSA) is 0 Å². The Balaban J connectivity index is 0. The van der Waals surface area contributed by atoms with E-state index in [4.69, 9.17) is 0 Å². The zero-order valence-corrected chi connectivity index (χ0v) is 30.2. The van der Waals surface area contributed by atoms with E-state index in [0.29, 0.717) is 0 Å². The van der Waals surface area contributed by atoms with Crippen molar-refractivity contribution in [3.05, 3.63) is 0 Å². The number of hydrogen-bond donors (Lipinski definition) is 0. The predicted octanol–water partition coefficient (Wildman–Crippen LogP) is 16.5. The summed E-state index contributed by atoms with van der Waals surface area (Å²) in [5.41, 5.74) is 0. The molecule has 0 unspecified atom stereocenters. The molecule has 0 radical (unpaired) electrons. The molecule has 0 aliphatic heterocycles. The summed E-state index contributed by atoms with van der Waals surface area (Å²) in [7, 11) is 0. The maximum atomic E-state index is 2.30. The third-order valence-electron chi connectivity index (χ3n) is 9.16. The Morgan fingerprint density at radius 1 is 0.122 bits per heavy atom. The molecule has 0 aromatic carbocycles. The van der Waals surface area contributed by atoms with Crippen molar-refractivity contribution in [3.63, 3.8) is 0 Å².